The van der Waals surface area contributed by atoms with Gasteiger partial charge in [0.25, 0.3) is 0 Å². The van der Waals surface area contributed by atoms with E-state index in [9.17, 15) is 9.59 Å². The Bertz CT molecular complexity index is 465. The summed E-state index contributed by atoms with van der Waals surface area (Å²) in [4.78, 5) is 27.2. The van der Waals surface area contributed by atoms with Gasteiger partial charge in [-0.2, -0.15) is 0 Å². The van der Waals surface area contributed by atoms with Gasteiger partial charge in [-0.25, -0.2) is 0 Å². The summed E-state index contributed by atoms with van der Waals surface area (Å²) in [7, 11) is 0. The maximum Gasteiger partial charge on any atom is 0.305 e. The van der Waals surface area contributed by atoms with Crippen LogP contribution in [-0.2, 0) is 16.0 Å². The van der Waals surface area contributed by atoms with Crippen molar-refractivity contribution in [3.63, 3.8) is 0 Å². The van der Waals surface area contributed by atoms with Crippen LogP contribution in [0.1, 0.15) is 44.4 Å². The number of carbonyl (C=O) groups is 2. The summed E-state index contributed by atoms with van der Waals surface area (Å²) in [6, 6.07) is 3.71. The number of aromatic nitrogens is 1. The highest BCUT2D eigenvalue weighted by Crippen LogP contribution is 2.20. The number of carboxylic acid groups (broad SMARTS) is 1. The number of pyridine rings is 1. The second-order valence-corrected chi connectivity index (χ2v) is 5.09. The van der Waals surface area contributed by atoms with E-state index in [4.69, 9.17) is 5.11 Å². The predicted octanol–water partition coefficient (Wildman–Crippen LogP) is 2.08. The van der Waals surface area contributed by atoms with Crippen LogP contribution in [0.3, 0.4) is 0 Å². The Labute approximate surface area is 119 Å². The first-order valence-electron chi connectivity index (χ1n) is 6.85. The molecule has 0 bridgehead atoms. The number of rotatable bonds is 7. The van der Waals surface area contributed by atoms with Gasteiger partial charge in [0.05, 0.1) is 12.8 Å². The molecule has 0 saturated heterocycles. The first-order valence-corrected chi connectivity index (χ1v) is 6.85. The quantitative estimate of drug-likeness (QED) is 0.800. The lowest BCUT2D eigenvalue weighted by molar-refractivity contribution is -0.139. The predicted molar refractivity (Wildman–Crippen MR) is 76.4 cm³/mol. The number of hydrogen-bond donors (Lipinski definition) is 2. The molecule has 0 atom stereocenters. The van der Waals surface area contributed by atoms with Crippen LogP contribution in [-0.4, -0.2) is 27.5 Å². The molecule has 1 aromatic rings. The van der Waals surface area contributed by atoms with Gasteiger partial charge in [-0.15, -0.1) is 0 Å². The van der Waals surface area contributed by atoms with Crippen molar-refractivity contribution >= 4 is 11.9 Å². The number of carbonyl (C=O) groups excluding carboxylic acids is 1. The summed E-state index contributed by atoms with van der Waals surface area (Å²) in [6.07, 6.45) is 3.01. The van der Waals surface area contributed by atoms with Crippen LogP contribution < -0.4 is 5.32 Å². The van der Waals surface area contributed by atoms with E-state index in [1.54, 1.807) is 6.20 Å². The van der Waals surface area contributed by atoms with Gasteiger partial charge in [0.1, 0.15) is 0 Å². The minimum absolute atomic E-state index is 0.0577. The van der Waals surface area contributed by atoms with Gasteiger partial charge in [-0.3, -0.25) is 14.6 Å². The normalized spacial score (nSPS) is 11.2. The lowest BCUT2D eigenvalue weighted by Crippen LogP contribution is -2.49. The average Bonchev–Trinajstić information content (AvgIpc) is 2.40. The third-order valence-corrected chi connectivity index (χ3v) is 3.59. The van der Waals surface area contributed by atoms with Gasteiger partial charge in [0.15, 0.2) is 0 Å². The molecule has 1 rings (SSSR count). The van der Waals surface area contributed by atoms with Crippen molar-refractivity contribution in [2.75, 3.05) is 0 Å². The van der Waals surface area contributed by atoms with E-state index in [1.807, 2.05) is 32.9 Å². The molecular weight excluding hydrogens is 256 g/mol. The number of nitrogens with one attached hydrogen (secondary N) is 1. The molecule has 20 heavy (non-hydrogen) atoms. The molecule has 1 amide bonds. The minimum atomic E-state index is -0.897. The average molecular weight is 278 g/mol. The number of hydrogen-bond acceptors (Lipinski definition) is 3. The van der Waals surface area contributed by atoms with E-state index in [0.717, 1.165) is 11.3 Å². The van der Waals surface area contributed by atoms with Gasteiger partial charge in [-0.05, 0) is 31.4 Å². The molecule has 0 aliphatic carbocycles. The molecule has 5 nitrogen and oxygen atoms in total. The van der Waals surface area contributed by atoms with Crippen LogP contribution in [0, 0.1) is 6.92 Å². The number of nitrogens with zero attached hydrogens (tertiary/aromatic N) is 1. The smallest absolute Gasteiger partial charge is 0.305 e. The molecule has 2 N–H and O–H groups in total. The largest absolute Gasteiger partial charge is 0.481 e. The van der Waals surface area contributed by atoms with Crippen LogP contribution in [0.25, 0.3) is 0 Å². The maximum absolute atomic E-state index is 12.1. The van der Waals surface area contributed by atoms with Crippen molar-refractivity contribution in [2.45, 2.75) is 52.0 Å². The monoisotopic (exact) mass is 278 g/mol. The lowest BCUT2D eigenvalue weighted by atomic mass is 9.88. The molecule has 0 aliphatic rings. The molecular formula is C15H22N2O3. The first-order chi connectivity index (χ1) is 9.40. The standard InChI is InChI=1S/C15H22N2O3/c1-4-15(5-2,9-14(19)20)17-13(18)8-12-7-6-11(3)16-10-12/h6-7,10H,4-5,8-9H2,1-3H3,(H,17,18)(H,19,20). The summed E-state index contributed by atoms with van der Waals surface area (Å²) >= 11 is 0. The summed E-state index contributed by atoms with van der Waals surface area (Å²) in [6.45, 7) is 5.66. The highest BCUT2D eigenvalue weighted by molar-refractivity contribution is 5.80. The lowest BCUT2D eigenvalue weighted by Gasteiger charge is -2.31. The summed E-state index contributed by atoms with van der Waals surface area (Å²) in [5, 5.41) is 11.9. The Kier molecular flexibility index (Phi) is 5.67. The fraction of sp³-hybridized carbons (Fsp3) is 0.533. The summed E-state index contributed by atoms with van der Waals surface area (Å²) in [5.74, 6) is -1.06. The van der Waals surface area contributed by atoms with Gasteiger partial charge in [0.2, 0.25) is 5.91 Å². The molecule has 1 aromatic heterocycles. The van der Waals surface area contributed by atoms with Gasteiger partial charge >= 0.3 is 5.97 Å². The van der Waals surface area contributed by atoms with Crippen molar-refractivity contribution in [1.82, 2.24) is 10.3 Å². The highest BCUT2D eigenvalue weighted by Gasteiger charge is 2.30. The SMILES string of the molecule is CCC(CC)(CC(=O)O)NC(=O)Cc1ccc(C)nc1. The molecule has 110 valence electrons. The first kappa shape index (κ1) is 16.1. The molecule has 0 radical (unpaired) electrons. The third kappa shape index (κ3) is 4.64. The summed E-state index contributed by atoms with van der Waals surface area (Å²) in [5.41, 5.74) is 1.06. The van der Waals surface area contributed by atoms with E-state index in [2.05, 4.69) is 10.3 Å². The van der Waals surface area contributed by atoms with E-state index in [1.165, 1.54) is 0 Å². The Morgan fingerprint density at radius 1 is 1.30 bits per heavy atom. The molecule has 0 saturated carbocycles. The zero-order valence-electron chi connectivity index (χ0n) is 12.3. The Hall–Kier alpha value is -1.91. The van der Waals surface area contributed by atoms with Gasteiger partial charge < -0.3 is 10.4 Å². The second-order valence-electron chi connectivity index (χ2n) is 5.09. The zero-order valence-corrected chi connectivity index (χ0v) is 12.3. The highest BCUT2D eigenvalue weighted by atomic mass is 16.4. The molecule has 0 fully saturated rings. The molecule has 0 spiro atoms. The summed E-state index contributed by atoms with van der Waals surface area (Å²) < 4.78 is 0. The van der Waals surface area contributed by atoms with Crippen LogP contribution in [0.5, 0.6) is 0 Å². The molecule has 0 aliphatic heterocycles. The van der Waals surface area contributed by atoms with Crippen LogP contribution in [0.4, 0.5) is 0 Å². The number of aryl methyl sites for hydroxylation is 1. The van der Waals surface area contributed by atoms with Crippen LogP contribution in [0.15, 0.2) is 18.3 Å². The third-order valence-electron chi connectivity index (χ3n) is 3.59. The van der Waals surface area contributed by atoms with E-state index >= 15 is 0 Å². The number of carboxylic acids is 1. The topological polar surface area (TPSA) is 79.3 Å². The van der Waals surface area contributed by atoms with E-state index < -0.39 is 11.5 Å². The maximum atomic E-state index is 12.1. The minimum Gasteiger partial charge on any atom is -0.481 e. The molecule has 1 heterocycles. The molecule has 0 unspecified atom stereocenters. The fourth-order valence-electron chi connectivity index (χ4n) is 2.14. The second kappa shape index (κ2) is 7.03. The van der Waals surface area contributed by atoms with Crippen molar-refractivity contribution < 1.29 is 14.7 Å². The van der Waals surface area contributed by atoms with Gasteiger partial charge in [0, 0.05) is 17.4 Å². The molecule has 0 aromatic carbocycles. The van der Waals surface area contributed by atoms with Crippen LogP contribution >= 0.6 is 0 Å². The van der Waals surface area contributed by atoms with Crippen molar-refractivity contribution in [2.24, 2.45) is 0 Å². The molecule has 5 heteroatoms. The fourth-order valence-corrected chi connectivity index (χ4v) is 2.14. The zero-order chi connectivity index (χ0) is 15.2. The number of amides is 1. The van der Waals surface area contributed by atoms with E-state index in [-0.39, 0.29) is 18.7 Å². The van der Waals surface area contributed by atoms with Crippen LogP contribution in [0.2, 0.25) is 0 Å². The van der Waals surface area contributed by atoms with Crippen molar-refractivity contribution in [1.29, 1.82) is 0 Å². The Balaban J connectivity index is 2.71. The number of aliphatic carboxylic acids is 1. The Morgan fingerprint density at radius 2 is 1.95 bits per heavy atom. The van der Waals surface area contributed by atoms with Gasteiger partial charge in [-0.1, -0.05) is 19.9 Å². The Morgan fingerprint density at radius 3 is 2.40 bits per heavy atom. The van der Waals surface area contributed by atoms with E-state index in [0.29, 0.717) is 12.8 Å². The van der Waals surface area contributed by atoms with Crippen molar-refractivity contribution in [3.8, 4) is 0 Å². The van der Waals surface area contributed by atoms with Crippen molar-refractivity contribution in [3.05, 3.63) is 29.6 Å².